The van der Waals surface area contributed by atoms with Crippen LogP contribution < -0.4 is 5.32 Å². The van der Waals surface area contributed by atoms with Gasteiger partial charge in [0.05, 0.1) is 0 Å². The van der Waals surface area contributed by atoms with Gasteiger partial charge < -0.3 is 5.32 Å². The molecule has 2 aliphatic heterocycles. The Morgan fingerprint density at radius 1 is 0.895 bits per heavy atom. The number of hydrogen-bond acceptors (Lipinski definition) is 3. The second-order valence-electron chi connectivity index (χ2n) is 6.83. The Kier molecular flexibility index (Phi) is 4.78. The summed E-state index contributed by atoms with van der Waals surface area (Å²) in [5, 5.41) is 3.46. The average molecular weight is 265 g/mol. The molecule has 3 heteroatoms. The number of nitrogens with zero attached hydrogens (tertiary/aromatic N) is 2. The van der Waals surface area contributed by atoms with Crippen molar-refractivity contribution < 1.29 is 0 Å². The van der Waals surface area contributed by atoms with Crippen LogP contribution in [0.1, 0.15) is 45.4 Å². The van der Waals surface area contributed by atoms with Gasteiger partial charge in [0.15, 0.2) is 0 Å². The molecule has 0 aromatic rings. The van der Waals surface area contributed by atoms with Crippen LogP contribution in [0.3, 0.4) is 0 Å². The van der Waals surface area contributed by atoms with Gasteiger partial charge in [-0.05, 0) is 25.2 Å². The summed E-state index contributed by atoms with van der Waals surface area (Å²) < 4.78 is 0. The fraction of sp³-hybridized carbons (Fsp3) is 1.00. The maximum atomic E-state index is 3.46. The van der Waals surface area contributed by atoms with Crippen LogP contribution in [0.4, 0.5) is 0 Å². The molecule has 0 amide bonds. The molecule has 3 nitrogen and oxygen atoms in total. The smallest absolute Gasteiger partial charge is 0.0351 e. The predicted molar refractivity (Wildman–Crippen MR) is 80.5 cm³/mol. The molecule has 1 aliphatic carbocycles. The van der Waals surface area contributed by atoms with Gasteiger partial charge in [0.2, 0.25) is 0 Å². The van der Waals surface area contributed by atoms with E-state index in [0.717, 1.165) is 18.0 Å². The van der Waals surface area contributed by atoms with Crippen LogP contribution in [-0.4, -0.2) is 61.2 Å². The van der Waals surface area contributed by atoms with Gasteiger partial charge in [-0.15, -0.1) is 0 Å². The Bertz CT molecular complexity index is 269. The van der Waals surface area contributed by atoms with E-state index in [2.05, 4.69) is 22.0 Å². The number of likely N-dealkylation sites (tertiary alicyclic amines) is 1. The van der Waals surface area contributed by atoms with Gasteiger partial charge in [0.1, 0.15) is 0 Å². The van der Waals surface area contributed by atoms with Gasteiger partial charge in [-0.3, -0.25) is 9.80 Å². The summed E-state index contributed by atoms with van der Waals surface area (Å²) in [6, 6.07) is 1.78. The summed E-state index contributed by atoms with van der Waals surface area (Å²) in [5.41, 5.74) is 0. The Hall–Kier alpha value is -0.120. The Labute approximate surface area is 118 Å². The number of nitrogens with one attached hydrogen (secondary N) is 1. The van der Waals surface area contributed by atoms with Crippen LogP contribution in [0.25, 0.3) is 0 Å². The van der Waals surface area contributed by atoms with E-state index >= 15 is 0 Å². The number of piperazine rings is 1. The summed E-state index contributed by atoms with van der Waals surface area (Å²) in [6.45, 7) is 9.98. The van der Waals surface area contributed by atoms with Crippen molar-refractivity contribution in [2.24, 2.45) is 5.92 Å². The van der Waals surface area contributed by atoms with Crippen molar-refractivity contribution in [2.45, 2.75) is 57.5 Å². The highest BCUT2D eigenvalue weighted by Gasteiger charge is 2.36. The van der Waals surface area contributed by atoms with Crippen LogP contribution in [-0.2, 0) is 0 Å². The highest BCUT2D eigenvalue weighted by atomic mass is 15.3. The second kappa shape index (κ2) is 6.55. The molecule has 0 bridgehead atoms. The fourth-order valence-electron chi connectivity index (χ4n) is 4.20. The molecular weight excluding hydrogens is 234 g/mol. The monoisotopic (exact) mass is 265 g/mol. The normalized spacial score (nSPS) is 35.8. The van der Waals surface area contributed by atoms with Gasteiger partial charge in [-0.2, -0.15) is 0 Å². The van der Waals surface area contributed by atoms with Crippen molar-refractivity contribution >= 4 is 0 Å². The van der Waals surface area contributed by atoms with E-state index in [1.165, 1.54) is 77.8 Å². The lowest BCUT2D eigenvalue weighted by Gasteiger charge is -2.50. The lowest BCUT2D eigenvalue weighted by molar-refractivity contribution is -0.00460. The Balaban J connectivity index is 1.42. The molecule has 1 N–H and O–H groups in total. The quantitative estimate of drug-likeness (QED) is 0.787. The van der Waals surface area contributed by atoms with Crippen molar-refractivity contribution in [1.29, 1.82) is 0 Å². The lowest BCUT2D eigenvalue weighted by atomic mass is 9.96. The fourth-order valence-corrected chi connectivity index (χ4v) is 4.20. The molecule has 0 aromatic carbocycles. The van der Waals surface area contributed by atoms with E-state index in [1.54, 1.807) is 0 Å². The van der Waals surface area contributed by atoms with Crippen LogP contribution in [0, 0.1) is 5.92 Å². The molecule has 3 fully saturated rings. The van der Waals surface area contributed by atoms with Gasteiger partial charge in [0.25, 0.3) is 0 Å². The minimum Gasteiger partial charge on any atom is -0.314 e. The van der Waals surface area contributed by atoms with E-state index in [4.69, 9.17) is 0 Å². The van der Waals surface area contributed by atoms with E-state index in [9.17, 15) is 0 Å². The zero-order valence-corrected chi connectivity index (χ0v) is 12.6. The molecule has 0 spiro atoms. The summed E-state index contributed by atoms with van der Waals surface area (Å²) >= 11 is 0. The molecule has 3 aliphatic rings. The Morgan fingerprint density at radius 2 is 1.68 bits per heavy atom. The third kappa shape index (κ3) is 3.32. The van der Waals surface area contributed by atoms with Crippen molar-refractivity contribution in [3.8, 4) is 0 Å². The molecule has 2 atom stereocenters. The van der Waals surface area contributed by atoms with Gasteiger partial charge in [-0.1, -0.05) is 26.2 Å². The molecule has 19 heavy (non-hydrogen) atoms. The summed E-state index contributed by atoms with van der Waals surface area (Å²) in [5.74, 6) is 1.02. The van der Waals surface area contributed by atoms with E-state index in [1.807, 2.05) is 0 Å². The first-order valence-electron chi connectivity index (χ1n) is 8.55. The first-order valence-corrected chi connectivity index (χ1v) is 8.55. The van der Waals surface area contributed by atoms with Crippen LogP contribution in [0.15, 0.2) is 0 Å². The predicted octanol–water partition coefficient (Wildman–Crippen LogP) is 1.93. The highest BCUT2D eigenvalue weighted by molar-refractivity contribution is 4.93. The first kappa shape index (κ1) is 13.8. The molecule has 0 radical (unpaired) electrons. The largest absolute Gasteiger partial charge is 0.314 e. The lowest BCUT2D eigenvalue weighted by Crippen LogP contribution is -2.64. The molecule has 110 valence electrons. The molecule has 2 heterocycles. The van der Waals surface area contributed by atoms with Gasteiger partial charge in [-0.25, -0.2) is 0 Å². The van der Waals surface area contributed by atoms with Crippen LogP contribution in [0.5, 0.6) is 0 Å². The van der Waals surface area contributed by atoms with E-state index < -0.39 is 0 Å². The standard InChI is InChI=1S/C16H31N3/c1-2-14-4-3-5-15(7-6-14)19-12-16(13-19)18-10-8-17-9-11-18/h14-17H,2-13H2,1H3. The van der Waals surface area contributed by atoms with Gasteiger partial charge >= 0.3 is 0 Å². The second-order valence-corrected chi connectivity index (χ2v) is 6.83. The van der Waals surface area contributed by atoms with Gasteiger partial charge in [0, 0.05) is 51.4 Å². The first-order chi connectivity index (χ1) is 9.36. The average Bonchev–Trinajstić information content (AvgIpc) is 2.64. The zero-order valence-electron chi connectivity index (χ0n) is 12.6. The minimum atomic E-state index is 0.868. The van der Waals surface area contributed by atoms with Crippen molar-refractivity contribution in [3.63, 3.8) is 0 Å². The molecule has 0 aromatic heterocycles. The third-order valence-electron chi connectivity index (χ3n) is 5.71. The SMILES string of the molecule is CCC1CCCC(N2CC(N3CCNCC3)C2)CC1. The van der Waals surface area contributed by atoms with Crippen molar-refractivity contribution in [1.82, 2.24) is 15.1 Å². The molecule has 1 saturated carbocycles. The number of rotatable bonds is 3. The number of hydrogen-bond donors (Lipinski definition) is 1. The minimum absolute atomic E-state index is 0.868. The zero-order chi connectivity index (χ0) is 13.1. The topological polar surface area (TPSA) is 18.5 Å². The summed E-state index contributed by atoms with van der Waals surface area (Å²) in [7, 11) is 0. The molecule has 3 rings (SSSR count). The molecule has 2 saturated heterocycles. The van der Waals surface area contributed by atoms with E-state index in [0.29, 0.717) is 0 Å². The summed E-state index contributed by atoms with van der Waals surface area (Å²) in [4.78, 5) is 5.49. The Morgan fingerprint density at radius 3 is 2.42 bits per heavy atom. The molecular formula is C16H31N3. The summed E-state index contributed by atoms with van der Waals surface area (Å²) in [6.07, 6.45) is 8.77. The van der Waals surface area contributed by atoms with Crippen LogP contribution >= 0.6 is 0 Å². The van der Waals surface area contributed by atoms with Crippen molar-refractivity contribution in [2.75, 3.05) is 39.3 Å². The maximum Gasteiger partial charge on any atom is 0.0351 e. The van der Waals surface area contributed by atoms with Crippen molar-refractivity contribution in [3.05, 3.63) is 0 Å². The maximum absolute atomic E-state index is 3.46. The highest BCUT2D eigenvalue weighted by Crippen LogP contribution is 2.31. The molecule has 2 unspecified atom stereocenters. The third-order valence-corrected chi connectivity index (χ3v) is 5.71. The van der Waals surface area contributed by atoms with Crippen LogP contribution in [0.2, 0.25) is 0 Å². The van der Waals surface area contributed by atoms with E-state index in [-0.39, 0.29) is 0 Å².